The first kappa shape index (κ1) is 16.7. The number of ether oxygens (including phenoxy) is 2. The van der Waals surface area contributed by atoms with Gasteiger partial charge in [-0.25, -0.2) is 0 Å². The fourth-order valence-corrected chi connectivity index (χ4v) is 4.43. The van der Waals surface area contributed by atoms with Gasteiger partial charge in [-0.2, -0.15) is 11.3 Å². The van der Waals surface area contributed by atoms with Crippen LogP contribution in [0.15, 0.2) is 35.0 Å². The average Bonchev–Trinajstić information content (AvgIpc) is 3.30. The van der Waals surface area contributed by atoms with Gasteiger partial charge in [0, 0.05) is 35.5 Å². The Labute approximate surface area is 151 Å². The number of carbonyl (C=O) groups excluding carboxylic acids is 1. The van der Waals surface area contributed by atoms with E-state index in [0.717, 1.165) is 23.5 Å². The van der Waals surface area contributed by atoms with Gasteiger partial charge in [-0.05, 0) is 30.5 Å². The van der Waals surface area contributed by atoms with E-state index in [1.807, 2.05) is 46.8 Å². The number of nitrogens with zero attached hydrogens (tertiary/aromatic N) is 2. The number of carbonyl (C=O) groups is 1. The molecule has 0 aliphatic carbocycles. The maximum absolute atomic E-state index is 12.7. The maximum atomic E-state index is 12.7. The molecule has 2 aromatic heterocycles. The minimum absolute atomic E-state index is 0.0878. The Kier molecular flexibility index (Phi) is 4.58. The van der Waals surface area contributed by atoms with Crippen molar-refractivity contribution < 1.29 is 14.3 Å². The van der Waals surface area contributed by atoms with E-state index < -0.39 is 0 Å². The molecule has 0 unspecified atom stereocenters. The molecule has 6 heteroatoms. The minimum atomic E-state index is -0.0878. The summed E-state index contributed by atoms with van der Waals surface area (Å²) in [5.74, 6) is 0.468. The van der Waals surface area contributed by atoms with Crippen LogP contribution in [0.4, 0.5) is 0 Å². The summed E-state index contributed by atoms with van der Waals surface area (Å²) >= 11 is 1.56. The average molecular weight is 358 g/mol. The Morgan fingerprint density at radius 1 is 1.48 bits per heavy atom. The van der Waals surface area contributed by atoms with Crippen molar-refractivity contribution >= 4 is 17.2 Å². The summed E-state index contributed by atoms with van der Waals surface area (Å²) in [5.41, 5.74) is 2.63. The van der Waals surface area contributed by atoms with Crippen LogP contribution in [-0.4, -0.2) is 48.7 Å². The van der Waals surface area contributed by atoms with Crippen LogP contribution in [0.3, 0.4) is 0 Å². The zero-order chi connectivity index (χ0) is 17.3. The summed E-state index contributed by atoms with van der Waals surface area (Å²) < 4.78 is 11.7. The minimum Gasteiger partial charge on any atom is -0.380 e. The van der Waals surface area contributed by atoms with Crippen LogP contribution in [0.2, 0.25) is 0 Å². The summed E-state index contributed by atoms with van der Waals surface area (Å²) in [4.78, 5) is 19.1. The number of pyridine rings is 1. The highest BCUT2D eigenvalue weighted by atomic mass is 32.1. The molecular weight excluding hydrogens is 336 g/mol. The van der Waals surface area contributed by atoms with Gasteiger partial charge >= 0.3 is 0 Å². The number of amides is 1. The molecule has 4 rings (SSSR count). The molecule has 2 aromatic rings. The molecule has 2 fully saturated rings. The van der Waals surface area contributed by atoms with E-state index in [-0.39, 0.29) is 11.3 Å². The summed E-state index contributed by atoms with van der Waals surface area (Å²) in [6, 6.07) is 7.85. The van der Waals surface area contributed by atoms with E-state index in [9.17, 15) is 4.79 Å². The number of thiophene rings is 1. The maximum Gasteiger partial charge on any atom is 0.254 e. The van der Waals surface area contributed by atoms with Gasteiger partial charge in [0.1, 0.15) is 0 Å². The molecule has 132 valence electrons. The molecule has 0 saturated carbocycles. The highest BCUT2D eigenvalue weighted by molar-refractivity contribution is 7.08. The van der Waals surface area contributed by atoms with Crippen molar-refractivity contribution in [1.29, 1.82) is 0 Å². The first-order valence-electron chi connectivity index (χ1n) is 8.56. The van der Waals surface area contributed by atoms with Gasteiger partial charge in [0.15, 0.2) is 0 Å². The second-order valence-corrected chi connectivity index (χ2v) is 7.82. The molecule has 0 aromatic carbocycles. The Morgan fingerprint density at radius 2 is 2.40 bits per heavy atom. The van der Waals surface area contributed by atoms with Gasteiger partial charge in [0.2, 0.25) is 0 Å². The van der Waals surface area contributed by atoms with E-state index in [1.165, 1.54) is 0 Å². The van der Waals surface area contributed by atoms with Crippen molar-refractivity contribution in [1.82, 2.24) is 9.88 Å². The summed E-state index contributed by atoms with van der Waals surface area (Å²) in [6.07, 6.45) is 0. The Morgan fingerprint density at radius 3 is 3.20 bits per heavy atom. The van der Waals surface area contributed by atoms with Gasteiger partial charge in [-0.15, -0.1) is 0 Å². The molecule has 5 nitrogen and oxygen atoms in total. The molecule has 2 atom stereocenters. The lowest BCUT2D eigenvalue weighted by molar-refractivity contribution is 0.0175. The predicted octanol–water partition coefficient (Wildman–Crippen LogP) is 2.76. The van der Waals surface area contributed by atoms with Crippen LogP contribution in [0.5, 0.6) is 0 Å². The zero-order valence-electron chi connectivity index (χ0n) is 14.3. The van der Waals surface area contributed by atoms with Crippen LogP contribution >= 0.6 is 11.3 Å². The van der Waals surface area contributed by atoms with E-state index in [2.05, 4.69) is 4.98 Å². The normalized spacial score (nSPS) is 25.3. The van der Waals surface area contributed by atoms with Crippen LogP contribution in [-0.2, 0) is 16.1 Å². The fourth-order valence-electron chi connectivity index (χ4n) is 3.80. The predicted molar refractivity (Wildman–Crippen MR) is 95.6 cm³/mol. The quantitative estimate of drug-likeness (QED) is 0.825. The SMILES string of the molecule is Cc1cccc(COC[C@]23COC[C@H]2CN(C(=O)c2ccsc2)C3)n1. The van der Waals surface area contributed by atoms with Gasteiger partial charge in [0.05, 0.1) is 37.7 Å². The second-order valence-electron chi connectivity index (χ2n) is 7.04. The molecule has 4 heterocycles. The van der Waals surface area contributed by atoms with Crippen LogP contribution in [0.1, 0.15) is 21.7 Å². The number of likely N-dealkylation sites (tertiary alicyclic amines) is 1. The van der Waals surface area contributed by atoms with Gasteiger partial charge in [-0.1, -0.05) is 6.07 Å². The Balaban J connectivity index is 1.40. The van der Waals surface area contributed by atoms with E-state index in [0.29, 0.717) is 38.9 Å². The van der Waals surface area contributed by atoms with Gasteiger partial charge < -0.3 is 14.4 Å². The molecule has 1 amide bonds. The number of aryl methyl sites for hydroxylation is 1. The number of hydrogen-bond donors (Lipinski definition) is 0. The number of aromatic nitrogens is 1. The second kappa shape index (κ2) is 6.86. The summed E-state index contributed by atoms with van der Waals surface area (Å²) in [6.45, 7) is 5.89. The van der Waals surface area contributed by atoms with Gasteiger partial charge in [0.25, 0.3) is 5.91 Å². The summed E-state index contributed by atoms with van der Waals surface area (Å²) in [5, 5.41) is 3.86. The lowest BCUT2D eigenvalue weighted by atomic mass is 9.82. The molecule has 2 aliphatic heterocycles. The van der Waals surface area contributed by atoms with E-state index >= 15 is 0 Å². The van der Waals surface area contributed by atoms with Crippen molar-refractivity contribution in [3.63, 3.8) is 0 Å². The van der Waals surface area contributed by atoms with Crippen LogP contribution in [0, 0.1) is 18.3 Å². The highest BCUT2D eigenvalue weighted by Crippen LogP contribution is 2.42. The molecule has 0 bridgehead atoms. The lowest BCUT2D eigenvalue weighted by Crippen LogP contribution is -2.37. The Bertz CT molecular complexity index is 749. The van der Waals surface area contributed by atoms with Crippen molar-refractivity contribution in [2.45, 2.75) is 13.5 Å². The first-order valence-corrected chi connectivity index (χ1v) is 9.50. The zero-order valence-corrected chi connectivity index (χ0v) is 15.1. The third-order valence-corrected chi connectivity index (χ3v) is 5.85. The molecule has 2 saturated heterocycles. The van der Waals surface area contributed by atoms with Crippen molar-refractivity contribution in [3.8, 4) is 0 Å². The smallest absolute Gasteiger partial charge is 0.254 e. The largest absolute Gasteiger partial charge is 0.380 e. The van der Waals surface area contributed by atoms with Crippen molar-refractivity contribution in [2.75, 3.05) is 32.9 Å². The third kappa shape index (κ3) is 3.34. The number of fused-ring (bicyclic) bond motifs is 1. The standard InChI is InChI=1S/C19H22N2O3S/c1-14-3-2-4-17(20-14)9-24-13-19-11-21(7-16(19)8-23-12-19)18(22)15-5-6-25-10-15/h2-6,10,16H,7-9,11-13H2,1H3/t16-,19+/m1/s1. The molecule has 0 spiro atoms. The van der Waals surface area contributed by atoms with E-state index in [1.54, 1.807) is 11.3 Å². The topological polar surface area (TPSA) is 51.7 Å². The molecular formula is C19H22N2O3S. The summed E-state index contributed by atoms with van der Waals surface area (Å²) in [7, 11) is 0. The number of rotatable bonds is 5. The Hall–Kier alpha value is -1.76. The first-order chi connectivity index (χ1) is 12.2. The highest BCUT2D eigenvalue weighted by Gasteiger charge is 2.52. The number of hydrogen-bond acceptors (Lipinski definition) is 5. The van der Waals surface area contributed by atoms with Crippen LogP contribution < -0.4 is 0 Å². The fraction of sp³-hybridized carbons (Fsp3) is 0.474. The van der Waals surface area contributed by atoms with Crippen molar-refractivity contribution in [2.24, 2.45) is 11.3 Å². The molecule has 0 N–H and O–H groups in total. The van der Waals surface area contributed by atoms with Crippen molar-refractivity contribution in [3.05, 3.63) is 52.0 Å². The molecule has 25 heavy (non-hydrogen) atoms. The monoisotopic (exact) mass is 358 g/mol. The lowest BCUT2D eigenvalue weighted by Gasteiger charge is -2.26. The van der Waals surface area contributed by atoms with E-state index in [4.69, 9.17) is 9.47 Å². The molecule has 2 aliphatic rings. The third-order valence-electron chi connectivity index (χ3n) is 5.16. The molecule has 0 radical (unpaired) electrons. The van der Waals surface area contributed by atoms with Crippen LogP contribution in [0.25, 0.3) is 0 Å². The van der Waals surface area contributed by atoms with Gasteiger partial charge in [-0.3, -0.25) is 9.78 Å².